The Kier molecular flexibility index (Phi) is 6.32. The number of amides is 2. The lowest BCUT2D eigenvalue weighted by Gasteiger charge is -2.23. The molecule has 2 atom stereocenters. The first kappa shape index (κ1) is 20.6. The Morgan fingerprint density at radius 1 is 1.03 bits per heavy atom. The maximum atomic E-state index is 12.9. The van der Waals surface area contributed by atoms with Crippen LogP contribution in [-0.2, 0) is 4.79 Å². The topological polar surface area (TPSA) is 86.9 Å². The minimum atomic E-state index is -0.662. The number of benzene rings is 2. The molecule has 152 valence electrons. The number of carbonyl (C=O) groups excluding carboxylic acids is 2. The molecule has 0 aliphatic heterocycles. The smallest absolute Gasteiger partial charge is 0.251 e. The van der Waals surface area contributed by atoms with Crippen LogP contribution >= 0.6 is 0 Å². The van der Waals surface area contributed by atoms with Crippen LogP contribution < -0.4 is 10.6 Å². The lowest BCUT2D eigenvalue weighted by molar-refractivity contribution is -0.119. The van der Waals surface area contributed by atoms with E-state index >= 15 is 0 Å². The van der Waals surface area contributed by atoms with Gasteiger partial charge < -0.3 is 10.3 Å². The summed E-state index contributed by atoms with van der Waals surface area (Å²) in [6.45, 7) is 8.16. The highest BCUT2D eigenvalue weighted by Crippen LogP contribution is 2.17. The van der Waals surface area contributed by atoms with Crippen molar-refractivity contribution in [2.24, 2.45) is 5.92 Å². The number of rotatable bonds is 7. The Morgan fingerprint density at radius 2 is 1.72 bits per heavy atom. The number of aromatic amines is 1. The number of imidazole rings is 1. The van der Waals surface area contributed by atoms with Gasteiger partial charge in [0.1, 0.15) is 6.04 Å². The molecule has 3 rings (SSSR count). The van der Waals surface area contributed by atoms with Crippen LogP contribution in [0.3, 0.4) is 0 Å². The van der Waals surface area contributed by atoms with E-state index < -0.39 is 6.04 Å². The fourth-order valence-corrected chi connectivity index (χ4v) is 3.15. The zero-order chi connectivity index (χ0) is 21.0. The van der Waals surface area contributed by atoms with Crippen molar-refractivity contribution in [3.8, 4) is 0 Å². The van der Waals surface area contributed by atoms with Crippen molar-refractivity contribution in [3.63, 3.8) is 0 Å². The largest absolute Gasteiger partial charge is 0.340 e. The summed E-state index contributed by atoms with van der Waals surface area (Å²) in [7, 11) is 0. The van der Waals surface area contributed by atoms with Gasteiger partial charge in [-0.15, -0.1) is 0 Å². The number of aromatic nitrogens is 2. The van der Waals surface area contributed by atoms with Crippen LogP contribution in [0.5, 0.6) is 0 Å². The van der Waals surface area contributed by atoms with Gasteiger partial charge in [0.15, 0.2) is 0 Å². The van der Waals surface area contributed by atoms with Gasteiger partial charge >= 0.3 is 0 Å². The van der Waals surface area contributed by atoms with E-state index in [2.05, 4.69) is 34.4 Å². The third-order valence-corrected chi connectivity index (χ3v) is 5.25. The predicted octanol–water partition coefficient (Wildman–Crippen LogP) is 4.47. The average molecular weight is 393 g/mol. The molecule has 3 aromatic rings. The van der Waals surface area contributed by atoms with E-state index in [0.717, 1.165) is 17.5 Å². The molecule has 0 radical (unpaired) electrons. The average Bonchev–Trinajstić information content (AvgIpc) is 3.13. The summed E-state index contributed by atoms with van der Waals surface area (Å²) >= 11 is 0. The van der Waals surface area contributed by atoms with Gasteiger partial charge in [-0.2, -0.15) is 0 Å². The van der Waals surface area contributed by atoms with Crippen LogP contribution in [0.25, 0.3) is 11.0 Å². The summed E-state index contributed by atoms with van der Waals surface area (Å²) in [5, 5.41) is 5.70. The number of anilines is 1. The van der Waals surface area contributed by atoms with E-state index in [0.29, 0.717) is 17.4 Å². The van der Waals surface area contributed by atoms with E-state index in [1.54, 1.807) is 12.1 Å². The second kappa shape index (κ2) is 8.90. The zero-order valence-corrected chi connectivity index (χ0v) is 17.3. The number of fused-ring (bicyclic) bond motifs is 1. The number of H-pyrrole nitrogens is 1. The maximum Gasteiger partial charge on any atom is 0.251 e. The lowest BCUT2D eigenvalue weighted by atomic mass is 9.97. The lowest BCUT2D eigenvalue weighted by Crippen LogP contribution is -2.47. The second-order valence-corrected chi connectivity index (χ2v) is 7.71. The van der Waals surface area contributed by atoms with Gasteiger partial charge in [0.05, 0.1) is 11.0 Å². The first-order valence-corrected chi connectivity index (χ1v) is 10.1. The molecule has 2 amide bonds. The minimum Gasteiger partial charge on any atom is -0.340 e. The van der Waals surface area contributed by atoms with Crippen molar-refractivity contribution in [1.82, 2.24) is 15.3 Å². The molecular weight excluding hydrogens is 364 g/mol. The number of para-hydroxylation sites is 2. The Morgan fingerprint density at radius 3 is 2.34 bits per heavy atom. The summed E-state index contributed by atoms with van der Waals surface area (Å²) in [5.41, 5.74) is 3.33. The molecule has 1 heterocycles. The molecule has 0 saturated heterocycles. The molecule has 0 bridgehead atoms. The number of carbonyl (C=O) groups is 2. The SMILES string of the molecule is CC[C@H](C)[C@H](NC(=O)c1ccc(C(C)C)cc1)C(=O)Nc1nc2ccccc2[nH]1. The highest BCUT2D eigenvalue weighted by molar-refractivity contribution is 6.01. The van der Waals surface area contributed by atoms with Crippen molar-refractivity contribution in [2.45, 2.75) is 46.1 Å². The van der Waals surface area contributed by atoms with E-state index in [9.17, 15) is 9.59 Å². The Balaban J connectivity index is 1.74. The molecule has 0 unspecified atom stereocenters. The molecule has 3 N–H and O–H groups in total. The van der Waals surface area contributed by atoms with E-state index in [-0.39, 0.29) is 17.7 Å². The van der Waals surface area contributed by atoms with Crippen LogP contribution in [0.1, 0.15) is 56.0 Å². The number of hydrogen-bond acceptors (Lipinski definition) is 3. The van der Waals surface area contributed by atoms with Gasteiger partial charge in [-0.05, 0) is 41.7 Å². The summed E-state index contributed by atoms with van der Waals surface area (Å²) in [6, 6.07) is 14.4. The van der Waals surface area contributed by atoms with Gasteiger partial charge in [-0.25, -0.2) is 4.98 Å². The molecule has 0 fully saturated rings. The zero-order valence-electron chi connectivity index (χ0n) is 17.3. The maximum absolute atomic E-state index is 12.9. The van der Waals surface area contributed by atoms with E-state index in [1.165, 1.54) is 5.56 Å². The molecule has 0 aliphatic carbocycles. The van der Waals surface area contributed by atoms with Crippen molar-refractivity contribution >= 4 is 28.8 Å². The number of hydrogen-bond donors (Lipinski definition) is 3. The van der Waals surface area contributed by atoms with E-state index in [1.807, 2.05) is 50.2 Å². The highest BCUT2D eigenvalue weighted by Gasteiger charge is 2.27. The molecule has 0 spiro atoms. The fourth-order valence-electron chi connectivity index (χ4n) is 3.15. The third kappa shape index (κ3) is 4.83. The fraction of sp³-hybridized carbons (Fsp3) is 0.348. The first-order chi connectivity index (χ1) is 13.9. The second-order valence-electron chi connectivity index (χ2n) is 7.71. The van der Waals surface area contributed by atoms with Gasteiger partial charge in [0, 0.05) is 5.56 Å². The summed E-state index contributed by atoms with van der Waals surface area (Å²) in [6.07, 6.45) is 0.755. The van der Waals surface area contributed by atoms with Crippen molar-refractivity contribution in [2.75, 3.05) is 5.32 Å². The Hall–Kier alpha value is -3.15. The van der Waals surface area contributed by atoms with Crippen molar-refractivity contribution in [3.05, 3.63) is 59.7 Å². The first-order valence-electron chi connectivity index (χ1n) is 10.1. The molecule has 0 saturated carbocycles. The number of nitrogens with zero attached hydrogens (tertiary/aromatic N) is 1. The Bertz CT molecular complexity index is 959. The van der Waals surface area contributed by atoms with Crippen LogP contribution in [0, 0.1) is 5.92 Å². The van der Waals surface area contributed by atoms with Gasteiger partial charge in [0.2, 0.25) is 11.9 Å². The summed E-state index contributed by atoms with van der Waals surface area (Å²) < 4.78 is 0. The standard InChI is InChI=1S/C23H28N4O2/c1-5-15(4)20(26-21(28)17-12-10-16(11-13-17)14(2)3)22(29)27-23-24-18-8-6-7-9-19(18)25-23/h6-15,20H,5H2,1-4H3,(H,26,28)(H2,24,25,27,29)/t15-,20-/m0/s1. The van der Waals surface area contributed by atoms with E-state index in [4.69, 9.17) is 0 Å². The molecule has 29 heavy (non-hydrogen) atoms. The van der Waals surface area contributed by atoms with Crippen LogP contribution in [-0.4, -0.2) is 27.8 Å². The normalized spacial score (nSPS) is 13.3. The van der Waals surface area contributed by atoms with Gasteiger partial charge in [0.25, 0.3) is 5.91 Å². The van der Waals surface area contributed by atoms with Gasteiger partial charge in [-0.1, -0.05) is 58.4 Å². The summed E-state index contributed by atoms with van der Waals surface area (Å²) in [4.78, 5) is 33.1. The molecule has 6 nitrogen and oxygen atoms in total. The summed E-state index contributed by atoms with van der Waals surface area (Å²) in [5.74, 6) is 0.198. The Labute approximate surface area is 171 Å². The predicted molar refractivity (Wildman–Crippen MR) is 116 cm³/mol. The van der Waals surface area contributed by atoms with Crippen LogP contribution in [0.4, 0.5) is 5.95 Å². The van der Waals surface area contributed by atoms with Gasteiger partial charge in [-0.3, -0.25) is 14.9 Å². The van der Waals surface area contributed by atoms with Crippen LogP contribution in [0.2, 0.25) is 0 Å². The molecule has 2 aromatic carbocycles. The minimum absolute atomic E-state index is 0.0294. The third-order valence-electron chi connectivity index (χ3n) is 5.25. The van der Waals surface area contributed by atoms with Crippen LogP contribution in [0.15, 0.2) is 48.5 Å². The molecule has 0 aliphatic rings. The molecule has 1 aromatic heterocycles. The van der Waals surface area contributed by atoms with Crippen molar-refractivity contribution in [1.29, 1.82) is 0 Å². The molecule has 6 heteroatoms. The quantitative estimate of drug-likeness (QED) is 0.554. The molecular formula is C23H28N4O2. The monoisotopic (exact) mass is 392 g/mol. The number of nitrogens with one attached hydrogen (secondary N) is 3. The highest BCUT2D eigenvalue weighted by atomic mass is 16.2. The van der Waals surface area contributed by atoms with Crippen molar-refractivity contribution < 1.29 is 9.59 Å².